The van der Waals surface area contributed by atoms with Gasteiger partial charge in [0.2, 0.25) is 0 Å². The van der Waals surface area contributed by atoms with Gasteiger partial charge in [0.1, 0.15) is 24.0 Å². The lowest BCUT2D eigenvalue weighted by atomic mass is 9.79. The molecule has 0 heterocycles. The lowest BCUT2D eigenvalue weighted by molar-refractivity contribution is -0.136. The molecule has 0 unspecified atom stereocenters. The van der Waals surface area contributed by atoms with Crippen molar-refractivity contribution in [3.8, 4) is 22.6 Å². The number of methoxy groups -OCH3 is 1. The highest BCUT2D eigenvalue weighted by atomic mass is 19.1. The number of carboxylic acids is 1. The zero-order chi connectivity index (χ0) is 27.2. The SMILES string of the molecule is CCCC(C)(C)Cc1cc(COc2cccc(CCC(=O)O)c2F)c(F)cc1-c1cc(OC)ccc1F. The van der Waals surface area contributed by atoms with Crippen LogP contribution in [-0.4, -0.2) is 18.2 Å². The quantitative estimate of drug-likeness (QED) is 0.269. The first-order chi connectivity index (χ1) is 17.5. The average molecular weight is 515 g/mol. The molecule has 0 aromatic heterocycles. The number of aryl methyl sites for hydroxylation is 1. The van der Waals surface area contributed by atoms with Gasteiger partial charge in [0.25, 0.3) is 0 Å². The van der Waals surface area contributed by atoms with Crippen LogP contribution in [0.2, 0.25) is 0 Å². The fourth-order valence-electron chi connectivity index (χ4n) is 4.55. The number of rotatable bonds is 12. The van der Waals surface area contributed by atoms with Crippen LogP contribution >= 0.6 is 0 Å². The van der Waals surface area contributed by atoms with E-state index in [0.29, 0.717) is 17.7 Å². The van der Waals surface area contributed by atoms with Gasteiger partial charge in [0.15, 0.2) is 11.6 Å². The molecule has 3 rings (SSSR count). The smallest absolute Gasteiger partial charge is 0.303 e. The largest absolute Gasteiger partial charge is 0.497 e. The molecule has 37 heavy (non-hydrogen) atoms. The molecule has 3 aromatic carbocycles. The van der Waals surface area contributed by atoms with E-state index in [9.17, 15) is 13.6 Å². The van der Waals surface area contributed by atoms with Crippen molar-refractivity contribution in [2.75, 3.05) is 7.11 Å². The Bertz CT molecular complexity index is 1250. The van der Waals surface area contributed by atoms with Crippen molar-refractivity contribution in [3.05, 3.63) is 82.7 Å². The van der Waals surface area contributed by atoms with Crippen molar-refractivity contribution >= 4 is 5.97 Å². The zero-order valence-electron chi connectivity index (χ0n) is 21.7. The van der Waals surface area contributed by atoms with E-state index in [-0.39, 0.29) is 47.3 Å². The average Bonchev–Trinajstić information content (AvgIpc) is 2.84. The maximum absolute atomic E-state index is 15.3. The maximum Gasteiger partial charge on any atom is 0.303 e. The normalized spacial score (nSPS) is 11.4. The summed E-state index contributed by atoms with van der Waals surface area (Å²) in [5.74, 6) is -2.41. The molecule has 0 radical (unpaired) electrons. The van der Waals surface area contributed by atoms with E-state index in [1.54, 1.807) is 18.2 Å². The first-order valence-electron chi connectivity index (χ1n) is 12.3. The molecule has 3 aromatic rings. The second-order valence-corrected chi connectivity index (χ2v) is 9.95. The fourth-order valence-corrected chi connectivity index (χ4v) is 4.55. The molecule has 0 fully saturated rings. The lowest BCUT2D eigenvalue weighted by Crippen LogP contribution is -2.16. The van der Waals surface area contributed by atoms with Crippen LogP contribution in [0.5, 0.6) is 11.5 Å². The summed E-state index contributed by atoms with van der Waals surface area (Å²) in [6, 6.07) is 11.8. The Balaban J connectivity index is 1.98. The van der Waals surface area contributed by atoms with Gasteiger partial charge in [-0.2, -0.15) is 0 Å². The lowest BCUT2D eigenvalue weighted by Gasteiger charge is -2.26. The number of benzene rings is 3. The predicted octanol–water partition coefficient (Wildman–Crippen LogP) is 7.74. The van der Waals surface area contributed by atoms with Crippen LogP contribution in [0.3, 0.4) is 0 Å². The molecule has 4 nitrogen and oxygen atoms in total. The Labute approximate surface area is 216 Å². The van der Waals surface area contributed by atoms with E-state index in [1.807, 2.05) is 0 Å². The molecule has 0 aliphatic carbocycles. The van der Waals surface area contributed by atoms with Crippen molar-refractivity contribution in [1.29, 1.82) is 0 Å². The van der Waals surface area contributed by atoms with Gasteiger partial charge >= 0.3 is 5.97 Å². The Morgan fingerprint density at radius 3 is 2.38 bits per heavy atom. The Morgan fingerprint density at radius 1 is 0.946 bits per heavy atom. The van der Waals surface area contributed by atoms with Crippen LogP contribution in [0.1, 0.15) is 56.7 Å². The van der Waals surface area contributed by atoms with Crippen molar-refractivity contribution in [2.45, 2.75) is 59.5 Å². The second kappa shape index (κ2) is 12.2. The second-order valence-electron chi connectivity index (χ2n) is 9.95. The minimum atomic E-state index is -1.03. The van der Waals surface area contributed by atoms with Crippen molar-refractivity contribution in [2.24, 2.45) is 5.41 Å². The summed E-state index contributed by atoms with van der Waals surface area (Å²) < 4.78 is 55.9. The number of carbonyl (C=O) groups is 1. The minimum Gasteiger partial charge on any atom is -0.497 e. The van der Waals surface area contributed by atoms with E-state index < -0.39 is 23.4 Å². The number of ether oxygens (including phenoxy) is 2. The minimum absolute atomic E-state index is 0.0180. The molecule has 0 bridgehead atoms. The van der Waals surface area contributed by atoms with Crippen LogP contribution in [-0.2, 0) is 24.2 Å². The van der Waals surface area contributed by atoms with Crippen LogP contribution < -0.4 is 9.47 Å². The monoisotopic (exact) mass is 514 g/mol. The van der Waals surface area contributed by atoms with Gasteiger partial charge in [-0.3, -0.25) is 4.79 Å². The molecule has 0 saturated heterocycles. The van der Waals surface area contributed by atoms with Crippen molar-refractivity contribution in [1.82, 2.24) is 0 Å². The number of hydrogen-bond acceptors (Lipinski definition) is 3. The summed E-state index contributed by atoms with van der Waals surface area (Å²) in [6.07, 6.45) is 2.26. The zero-order valence-corrected chi connectivity index (χ0v) is 21.7. The Hall–Kier alpha value is -3.48. The van der Waals surface area contributed by atoms with Gasteiger partial charge < -0.3 is 14.6 Å². The molecule has 1 N–H and O–H groups in total. The van der Waals surface area contributed by atoms with E-state index in [0.717, 1.165) is 18.4 Å². The molecule has 198 valence electrons. The Kier molecular flexibility index (Phi) is 9.24. The van der Waals surface area contributed by atoms with Gasteiger partial charge in [-0.05, 0) is 77.8 Å². The summed E-state index contributed by atoms with van der Waals surface area (Å²) in [4.78, 5) is 10.8. The number of aliphatic carboxylic acids is 1. The molecule has 0 spiro atoms. The summed E-state index contributed by atoms with van der Waals surface area (Å²) in [5.41, 5.74) is 1.73. The summed E-state index contributed by atoms with van der Waals surface area (Å²) in [5, 5.41) is 8.88. The maximum atomic E-state index is 15.3. The highest BCUT2D eigenvalue weighted by molar-refractivity contribution is 5.70. The first-order valence-corrected chi connectivity index (χ1v) is 12.3. The van der Waals surface area contributed by atoms with E-state index in [1.165, 1.54) is 37.4 Å². The van der Waals surface area contributed by atoms with E-state index >= 15 is 4.39 Å². The third kappa shape index (κ3) is 7.28. The topological polar surface area (TPSA) is 55.8 Å². The third-order valence-electron chi connectivity index (χ3n) is 6.37. The molecular weight excluding hydrogens is 481 g/mol. The summed E-state index contributed by atoms with van der Waals surface area (Å²) in [6.45, 7) is 6.07. The summed E-state index contributed by atoms with van der Waals surface area (Å²) in [7, 11) is 1.49. The van der Waals surface area contributed by atoms with E-state index in [4.69, 9.17) is 14.6 Å². The van der Waals surface area contributed by atoms with Gasteiger partial charge in [0.05, 0.1) is 7.11 Å². The van der Waals surface area contributed by atoms with Crippen LogP contribution in [0.25, 0.3) is 11.1 Å². The van der Waals surface area contributed by atoms with Gasteiger partial charge in [-0.1, -0.05) is 39.3 Å². The Morgan fingerprint density at radius 2 is 1.70 bits per heavy atom. The highest BCUT2D eigenvalue weighted by Crippen LogP contribution is 2.37. The highest BCUT2D eigenvalue weighted by Gasteiger charge is 2.23. The summed E-state index contributed by atoms with van der Waals surface area (Å²) >= 11 is 0. The fraction of sp³-hybridized carbons (Fsp3) is 0.367. The van der Waals surface area contributed by atoms with Gasteiger partial charge in [-0.15, -0.1) is 0 Å². The number of carboxylic acid groups (broad SMARTS) is 1. The van der Waals surface area contributed by atoms with Crippen LogP contribution in [0.4, 0.5) is 13.2 Å². The molecule has 0 atom stereocenters. The molecule has 0 aliphatic heterocycles. The van der Waals surface area contributed by atoms with Crippen LogP contribution in [0.15, 0.2) is 48.5 Å². The molecule has 0 saturated carbocycles. The molecule has 7 heteroatoms. The predicted molar refractivity (Wildman–Crippen MR) is 137 cm³/mol. The van der Waals surface area contributed by atoms with Gasteiger partial charge in [0, 0.05) is 17.5 Å². The molecule has 0 aliphatic rings. The first kappa shape index (κ1) is 28.1. The standard InChI is InChI=1S/C30H33F3O4/c1-5-13-30(2,3)17-20-14-21(18-37-27-8-6-7-19(29(27)33)9-12-28(34)35)26(32)16-23(20)24-15-22(36-4)10-11-25(24)31/h6-8,10-11,14-16H,5,9,12-13,17-18H2,1-4H3,(H,34,35). The third-order valence-corrected chi connectivity index (χ3v) is 6.37. The van der Waals surface area contributed by atoms with Crippen molar-refractivity contribution < 1.29 is 32.5 Å². The van der Waals surface area contributed by atoms with Crippen LogP contribution in [0, 0.1) is 22.9 Å². The number of halogens is 3. The van der Waals surface area contributed by atoms with Gasteiger partial charge in [-0.25, -0.2) is 13.2 Å². The van der Waals surface area contributed by atoms with Crippen molar-refractivity contribution in [3.63, 3.8) is 0 Å². The molecular formula is C30H33F3O4. The molecule has 0 amide bonds. The van der Waals surface area contributed by atoms with E-state index in [2.05, 4.69) is 20.8 Å². The number of hydrogen-bond donors (Lipinski definition) is 1.